The van der Waals surface area contributed by atoms with Crippen molar-refractivity contribution in [2.24, 2.45) is 0 Å². The van der Waals surface area contributed by atoms with Gasteiger partial charge in [-0.1, -0.05) is 30.3 Å². The average molecular weight is 544 g/mol. The molecule has 3 aromatic carbocycles. The van der Waals surface area contributed by atoms with E-state index in [9.17, 15) is 8.42 Å². The van der Waals surface area contributed by atoms with Crippen molar-refractivity contribution in [1.29, 1.82) is 0 Å². The van der Waals surface area contributed by atoms with E-state index in [0.717, 1.165) is 53.9 Å². The molecule has 0 unspecified atom stereocenters. The lowest BCUT2D eigenvalue weighted by atomic mass is 10.0. The topological polar surface area (TPSA) is 105 Å². The summed E-state index contributed by atoms with van der Waals surface area (Å²) >= 11 is 0. The number of sulfonamides is 1. The lowest BCUT2D eigenvalue weighted by Crippen LogP contribution is -2.44. The zero-order valence-electron chi connectivity index (χ0n) is 22.0. The standard InChI is InChI=1S/C28H29N7O3S/c1-19-29-30-28-24-7-5-4-6-23(24)27(31-35(19)28)20-8-13-26(34-16-14-33(2)15-17-34)25(18-20)32-39(36,37)22-11-9-21(38-3)10-12-22/h4-13,18,32H,14-17H2,1-3H3. The molecular formula is C28H29N7O3S. The minimum absolute atomic E-state index is 0.156. The van der Waals surface area contributed by atoms with Gasteiger partial charge in [-0.05, 0) is 50.4 Å². The molecule has 0 atom stereocenters. The highest BCUT2D eigenvalue weighted by Crippen LogP contribution is 2.36. The van der Waals surface area contributed by atoms with Crippen molar-refractivity contribution >= 4 is 37.8 Å². The molecule has 2 aromatic heterocycles. The molecule has 39 heavy (non-hydrogen) atoms. The Bertz CT molecular complexity index is 1780. The van der Waals surface area contributed by atoms with Crippen molar-refractivity contribution < 1.29 is 13.2 Å². The number of likely N-dealkylation sites (N-methyl/N-ethyl adjacent to an activating group) is 1. The van der Waals surface area contributed by atoms with Gasteiger partial charge in [-0.2, -0.15) is 9.61 Å². The van der Waals surface area contributed by atoms with Gasteiger partial charge in [0, 0.05) is 42.5 Å². The Labute approximate surface area is 226 Å². The summed E-state index contributed by atoms with van der Waals surface area (Å²) in [7, 11) is -0.234. The SMILES string of the molecule is COc1ccc(S(=O)(=O)Nc2cc(-c3nn4c(C)nnc4c4ccccc34)ccc2N2CCN(C)CC2)cc1. The van der Waals surface area contributed by atoms with E-state index in [2.05, 4.69) is 31.8 Å². The van der Waals surface area contributed by atoms with E-state index in [0.29, 0.717) is 22.9 Å². The summed E-state index contributed by atoms with van der Waals surface area (Å²) < 4.78 is 36.8. The van der Waals surface area contributed by atoms with Crippen molar-refractivity contribution in [3.63, 3.8) is 0 Å². The second-order valence-electron chi connectivity index (χ2n) is 9.68. The summed E-state index contributed by atoms with van der Waals surface area (Å²) in [6.07, 6.45) is 0. The Morgan fingerprint density at radius 3 is 2.33 bits per heavy atom. The smallest absolute Gasteiger partial charge is 0.261 e. The minimum Gasteiger partial charge on any atom is -0.497 e. The van der Waals surface area contributed by atoms with E-state index in [-0.39, 0.29) is 4.90 Å². The maximum absolute atomic E-state index is 13.5. The van der Waals surface area contributed by atoms with Crippen LogP contribution in [0.15, 0.2) is 71.6 Å². The molecule has 0 amide bonds. The maximum atomic E-state index is 13.5. The highest BCUT2D eigenvalue weighted by molar-refractivity contribution is 7.92. The van der Waals surface area contributed by atoms with Crippen LogP contribution in [0.3, 0.4) is 0 Å². The molecule has 200 valence electrons. The monoisotopic (exact) mass is 543 g/mol. The third-order valence-electron chi connectivity index (χ3n) is 7.15. The number of hydrogen-bond donors (Lipinski definition) is 1. The number of methoxy groups -OCH3 is 1. The molecule has 5 aromatic rings. The lowest BCUT2D eigenvalue weighted by Gasteiger charge is -2.35. The van der Waals surface area contributed by atoms with E-state index in [4.69, 9.17) is 9.84 Å². The Balaban J connectivity index is 1.49. The second kappa shape index (κ2) is 9.83. The van der Waals surface area contributed by atoms with Crippen molar-refractivity contribution in [1.82, 2.24) is 24.7 Å². The highest BCUT2D eigenvalue weighted by atomic mass is 32.2. The first kappa shape index (κ1) is 25.1. The zero-order valence-corrected chi connectivity index (χ0v) is 22.8. The van der Waals surface area contributed by atoms with Crippen LogP contribution in [0.25, 0.3) is 27.7 Å². The fourth-order valence-corrected chi connectivity index (χ4v) is 6.01. The van der Waals surface area contributed by atoms with Gasteiger partial charge >= 0.3 is 0 Å². The highest BCUT2D eigenvalue weighted by Gasteiger charge is 2.23. The number of aryl methyl sites for hydroxylation is 1. The van der Waals surface area contributed by atoms with Crippen LogP contribution in [0.2, 0.25) is 0 Å². The van der Waals surface area contributed by atoms with Gasteiger partial charge in [0.2, 0.25) is 0 Å². The van der Waals surface area contributed by atoms with Crippen molar-refractivity contribution in [2.45, 2.75) is 11.8 Å². The molecular weight excluding hydrogens is 514 g/mol. The lowest BCUT2D eigenvalue weighted by molar-refractivity contribution is 0.313. The predicted octanol–water partition coefficient (Wildman–Crippen LogP) is 3.81. The van der Waals surface area contributed by atoms with Crippen LogP contribution in [0.4, 0.5) is 11.4 Å². The average Bonchev–Trinajstić information content (AvgIpc) is 3.33. The van der Waals surface area contributed by atoms with Crippen LogP contribution in [-0.4, -0.2) is 73.5 Å². The molecule has 1 saturated heterocycles. The molecule has 6 rings (SSSR count). The molecule has 3 heterocycles. The summed E-state index contributed by atoms with van der Waals surface area (Å²) in [6.45, 7) is 5.22. The number of rotatable bonds is 6. The number of benzene rings is 3. The van der Waals surface area contributed by atoms with E-state index < -0.39 is 10.0 Å². The number of piperazine rings is 1. The molecule has 1 fully saturated rings. The second-order valence-corrected chi connectivity index (χ2v) is 11.4. The first-order chi connectivity index (χ1) is 18.8. The number of hydrogen-bond acceptors (Lipinski definition) is 8. The van der Waals surface area contributed by atoms with Crippen LogP contribution in [0, 0.1) is 6.92 Å². The third-order valence-corrected chi connectivity index (χ3v) is 8.53. The number of nitrogens with zero attached hydrogens (tertiary/aromatic N) is 6. The Morgan fingerprint density at radius 2 is 1.62 bits per heavy atom. The van der Waals surface area contributed by atoms with E-state index in [1.807, 2.05) is 49.4 Å². The molecule has 0 spiro atoms. The first-order valence-corrected chi connectivity index (χ1v) is 14.2. The number of fused-ring (bicyclic) bond motifs is 3. The van der Waals surface area contributed by atoms with Crippen LogP contribution >= 0.6 is 0 Å². The summed E-state index contributed by atoms with van der Waals surface area (Å²) in [6, 6.07) is 20.1. The van der Waals surface area contributed by atoms with Gasteiger partial charge in [0.05, 0.1) is 29.1 Å². The molecule has 1 aliphatic rings. The van der Waals surface area contributed by atoms with E-state index in [1.165, 1.54) is 0 Å². The summed E-state index contributed by atoms with van der Waals surface area (Å²) in [5, 5.41) is 15.2. The molecule has 1 aliphatic heterocycles. The predicted molar refractivity (Wildman–Crippen MR) is 152 cm³/mol. The molecule has 1 N–H and O–H groups in total. The third kappa shape index (κ3) is 4.64. The summed E-state index contributed by atoms with van der Waals surface area (Å²) in [5.74, 6) is 1.26. The number of aromatic nitrogens is 4. The number of ether oxygens (including phenoxy) is 1. The maximum Gasteiger partial charge on any atom is 0.261 e. The van der Waals surface area contributed by atoms with Gasteiger partial charge < -0.3 is 14.5 Å². The van der Waals surface area contributed by atoms with Gasteiger partial charge in [-0.3, -0.25) is 4.72 Å². The van der Waals surface area contributed by atoms with Crippen molar-refractivity contribution in [3.8, 4) is 17.0 Å². The Hall–Kier alpha value is -4.22. The molecule has 11 heteroatoms. The van der Waals surface area contributed by atoms with Gasteiger partial charge in [0.15, 0.2) is 11.5 Å². The quantitative estimate of drug-likeness (QED) is 0.345. The first-order valence-electron chi connectivity index (χ1n) is 12.7. The Morgan fingerprint density at radius 1 is 0.897 bits per heavy atom. The van der Waals surface area contributed by atoms with Gasteiger partial charge in [-0.15, -0.1) is 10.2 Å². The summed E-state index contributed by atoms with van der Waals surface area (Å²) in [4.78, 5) is 4.64. The minimum atomic E-state index is -3.87. The fraction of sp³-hybridized carbons (Fsp3) is 0.250. The van der Waals surface area contributed by atoms with Crippen LogP contribution in [0.1, 0.15) is 5.82 Å². The number of anilines is 2. The largest absolute Gasteiger partial charge is 0.497 e. The summed E-state index contributed by atoms with van der Waals surface area (Å²) in [5.41, 5.74) is 3.51. The van der Waals surface area contributed by atoms with Gasteiger partial charge in [0.1, 0.15) is 5.75 Å². The van der Waals surface area contributed by atoms with Crippen LogP contribution < -0.4 is 14.4 Å². The Kier molecular flexibility index (Phi) is 6.32. The van der Waals surface area contributed by atoms with Gasteiger partial charge in [0.25, 0.3) is 10.0 Å². The van der Waals surface area contributed by atoms with Crippen molar-refractivity contribution in [3.05, 3.63) is 72.6 Å². The normalized spacial score (nSPS) is 14.7. The number of nitrogens with one attached hydrogen (secondary N) is 1. The zero-order chi connectivity index (χ0) is 27.1. The molecule has 0 bridgehead atoms. The fourth-order valence-electron chi connectivity index (χ4n) is 4.94. The molecule has 0 saturated carbocycles. The van der Waals surface area contributed by atoms with Crippen molar-refractivity contribution in [2.75, 3.05) is 50.0 Å². The molecule has 10 nitrogen and oxygen atoms in total. The van der Waals surface area contributed by atoms with Crippen LogP contribution in [0.5, 0.6) is 5.75 Å². The van der Waals surface area contributed by atoms with Gasteiger partial charge in [-0.25, -0.2) is 8.42 Å². The van der Waals surface area contributed by atoms with E-state index in [1.54, 1.807) is 35.9 Å². The molecule has 0 radical (unpaired) electrons. The van der Waals surface area contributed by atoms with Crippen LogP contribution in [-0.2, 0) is 10.0 Å². The molecule has 0 aliphatic carbocycles. The van der Waals surface area contributed by atoms with E-state index >= 15 is 0 Å².